The van der Waals surface area contributed by atoms with E-state index in [2.05, 4.69) is 0 Å². The molecule has 2 unspecified atom stereocenters. The van der Waals surface area contributed by atoms with Gasteiger partial charge in [-0.05, 0) is 41.0 Å². The minimum Gasteiger partial charge on any atom is -0.466 e. The minimum absolute atomic E-state index is 0.0906. The van der Waals surface area contributed by atoms with Gasteiger partial charge in [-0.1, -0.05) is 6.92 Å². The lowest BCUT2D eigenvalue weighted by Crippen LogP contribution is -2.41. The number of rotatable bonds is 3. The first-order valence-electron chi connectivity index (χ1n) is 6.66. The molecule has 0 bridgehead atoms. The minimum atomic E-state index is -0.345. The van der Waals surface area contributed by atoms with Crippen molar-refractivity contribution in [1.29, 1.82) is 0 Å². The highest BCUT2D eigenvalue weighted by Crippen LogP contribution is 2.65. The van der Waals surface area contributed by atoms with E-state index in [1.54, 1.807) is 0 Å². The molecule has 2 atom stereocenters. The van der Waals surface area contributed by atoms with Gasteiger partial charge in [-0.25, -0.2) is 0 Å². The van der Waals surface area contributed by atoms with Crippen LogP contribution in [0.5, 0.6) is 0 Å². The van der Waals surface area contributed by atoms with Crippen LogP contribution in [0.1, 0.15) is 48.0 Å². The predicted octanol–water partition coefficient (Wildman–Crippen LogP) is 2.42. The normalized spacial score (nSPS) is 36.6. The zero-order valence-electron chi connectivity index (χ0n) is 12.2. The number of ether oxygens (including phenoxy) is 1. The molecule has 0 aromatic carbocycles. The third-order valence-corrected chi connectivity index (χ3v) is 4.64. The van der Waals surface area contributed by atoms with E-state index in [1.165, 1.54) is 0 Å². The molecule has 102 valence electrons. The number of hydrogen-bond donors (Lipinski definition) is 0. The molecule has 0 aromatic rings. The Balaban J connectivity index is 2.06. The summed E-state index contributed by atoms with van der Waals surface area (Å²) in [5.74, 6) is -0.220. The molecule has 1 heterocycles. The second kappa shape index (κ2) is 3.97. The van der Waals surface area contributed by atoms with Crippen molar-refractivity contribution >= 4 is 13.1 Å². The van der Waals surface area contributed by atoms with Crippen molar-refractivity contribution in [3.63, 3.8) is 0 Å². The largest absolute Gasteiger partial charge is 0.466 e. The zero-order valence-corrected chi connectivity index (χ0v) is 12.2. The molecule has 0 N–H and O–H groups in total. The number of esters is 1. The van der Waals surface area contributed by atoms with Gasteiger partial charge in [-0.2, -0.15) is 0 Å². The smallest absolute Gasteiger partial charge is 0.465 e. The average Bonchev–Trinajstić information content (AvgIpc) is 2.84. The van der Waals surface area contributed by atoms with Gasteiger partial charge in [-0.15, -0.1) is 0 Å². The van der Waals surface area contributed by atoms with Crippen LogP contribution in [0.3, 0.4) is 0 Å². The van der Waals surface area contributed by atoms with Crippen LogP contribution in [0, 0.1) is 5.92 Å². The highest BCUT2D eigenvalue weighted by Gasteiger charge is 2.69. The first kappa shape index (κ1) is 13.9. The molecule has 0 spiro atoms. The summed E-state index contributed by atoms with van der Waals surface area (Å²) in [6.07, 6.45) is 0.780. The summed E-state index contributed by atoms with van der Waals surface area (Å²) in [7, 11) is -0.322. The Labute approximate surface area is 110 Å². The average molecular weight is 254 g/mol. The van der Waals surface area contributed by atoms with E-state index in [0.717, 1.165) is 6.42 Å². The Morgan fingerprint density at radius 3 is 2.17 bits per heavy atom. The van der Waals surface area contributed by atoms with Gasteiger partial charge in [0.15, 0.2) is 0 Å². The fourth-order valence-electron chi connectivity index (χ4n) is 2.35. The molecule has 2 aliphatic rings. The quantitative estimate of drug-likeness (QED) is 0.573. The maximum Gasteiger partial charge on any atom is 0.465 e. The molecule has 0 amide bonds. The summed E-state index contributed by atoms with van der Waals surface area (Å²) in [6.45, 7) is 12.4. The second-order valence-electron chi connectivity index (χ2n) is 6.60. The van der Waals surface area contributed by atoms with E-state index in [-0.39, 0.29) is 35.5 Å². The highest BCUT2D eigenvalue weighted by molar-refractivity contribution is 6.51. The Bertz CT molecular complexity index is 350. The Kier molecular flexibility index (Phi) is 3.06. The van der Waals surface area contributed by atoms with Gasteiger partial charge in [0.1, 0.15) is 0 Å². The zero-order chi connectivity index (χ0) is 13.8. The maximum atomic E-state index is 11.8. The fraction of sp³-hybridized carbons (Fsp3) is 0.923. The van der Waals surface area contributed by atoms with Gasteiger partial charge >= 0.3 is 13.1 Å². The molecule has 18 heavy (non-hydrogen) atoms. The van der Waals surface area contributed by atoms with Crippen LogP contribution in [-0.2, 0) is 18.8 Å². The van der Waals surface area contributed by atoms with Crippen LogP contribution in [0.2, 0.25) is 5.31 Å². The summed E-state index contributed by atoms with van der Waals surface area (Å²) in [4.78, 5) is 11.8. The molecule has 4 nitrogen and oxygen atoms in total. The van der Waals surface area contributed by atoms with E-state index in [9.17, 15) is 4.79 Å². The number of carbonyl (C=O) groups is 1. The van der Waals surface area contributed by atoms with Crippen LogP contribution in [-0.4, -0.2) is 30.9 Å². The van der Waals surface area contributed by atoms with Gasteiger partial charge in [0.2, 0.25) is 0 Å². The Morgan fingerprint density at radius 2 is 1.72 bits per heavy atom. The maximum absolute atomic E-state index is 11.8. The summed E-state index contributed by atoms with van der Waals surface area (Å²) in [5.41, 5.74) is -0.690. The molecule has 5 heteroatoms. The molecule has 1 aliphatic carbocycles. The summed E-state index contributed by atoms with van der Waals surface area (Å²) in [6, 6.07) is 0. The van der Waals surface area contributed by atoms with Gasteiger partial charge in [0.05, 0.1) is 23.7 Å². The molecule has 1 saturated carbocycles. The van der Waals surface area contributed by atoms with Gasteiger partial charge < -0.3 is 14.0 Å². The summed E-state index contributed by atoms with van der Waals surface area (Å²) in [5, 5.41) is -0.239. The molecule has 2 rings (SSSR count). The van der Waals surface area contributed by atoms with Crippen molar-refractivity contribution in [2.24, 2.45) is 5.92 Å². The van der Waals surface area contributed by atoms with Crippen LogP contribution in [0.4, 0.5) is 0 Å². The van der Waals surface area contributed by atoms with Crippen molar-refractivity contribution in [2.75, 3.05) is 6.61 Å². The Morgan fingerprint density at radius 1 is 1.22 bits per heavy atom. The molecular formula is C13H23BO4. The van der Waals surface area contributed by atoms with Gasteiger partial charge in [-0.3, -0.25) is 4.79 Å². The summed E-state index contributed by atoms with van der Waals surface area (Å²) >= 11 is 0. The third kappa shape index (κ3) is 1.97. The molecule has 2 fully saturated rings. The summed E-state index contributed by atoms with van der Waals surface area (Å²) < 4.78 is 17.1. The SMILES string of the molecule is CCOC(=O)C1CC1(C)B1OC(C)(C)C(C)(C)O1. The van der Waals surface area contributed by atoms with Crippen molar-refractivity contribution in [1.82, 2.24) is 0 Å². The van der Waals surface area contributed by atoms with Crippen LogP contribution >= 0.6 is 0 Å². The monoisotopic (exact) mass is 254 g/mol. The highest BCUT2D eigenvalue weighted by atomic mass is 16.7. The van der Waals surface area contributed by atoms with E-state index in [1.807, 2.05) is 41.5 Å². The lowest BCUT2D eigenvalue weighted by Gasteiger charge is -2.32. The van der Waals surface area contributed by atoms with Crippen molar-refractivity contribution in [2.45, 2.75) is 64.5 Å². The number of hydrogen-bond acceptors (Lipinski definition) is 4. The van der Waals surface area contributed by atoms with Crippen LogP contribution in [0.25, 0.3) is 0 Å². The molecule has 0 radical (unpaired) electrons. The predicted molar refractivity (Wildman–Crippen MR) is 69.2 cm³/mol. The topological polar surface area (TPSA) is 44.8 Å². The molecule has 0 aromatic heterocycles. The lowest BCUT2D eigenvalue weighted by atomic mass is 9.68. The third-order valence-electron chi connectivity index (χ3n) is 4.64. The van der Waals surface area contributed by atoms with Crippen LogP contribution < -0.4 is 0 Å². The van der Waals surface area contributed by atoms with Crippen molar-refractivity contribution in [3.05, 3.63) is 0 Å². The van der Waals surface area contributed by atoms with Crippen molar-refractivity contribution < 1.29 is 18.8 Å². The molecule has 1 saturated heterocycles. The lowest BCUT2D eigenvalue weighted by molar-refractivity contribution is -0.145. The number of carbonyl (C=O) groups excluding carboxylic acids is 1. The van der Waals surface area contributed by atoms with E-state index in [0.29, 0.717) is 6.61 Å². The van der Waals surface area contributed by atoms with Gasteiger partial charge in [0.25, 0.3) is 0 Å². The van der Waals surface area contributed by atoms with E-state index >= 15 is 0 Å². The van der Waals surface area contributed by atoms with E-state index < -0.39 is 0 Å². The first-order chi connectivity index (χ1) is 8.14. The molecule has 1 aliphatic heterocycles. The first-order valence-corrected chi connectivity index (χ1v) is 6.66. The molecular weight excluding hydrogens is 231 g/mol. The second-order valence-corrected chi connectivity index (χ2v) is 6.60. The van der Waals surface area contributed by atoms with Crippen LogP contribution in [0.15, 0.2) is 0 Å². The fourth-order valence-corrected chi connectivity index (χ4v) is 2.35. The standard InChI is InChI=1S/C13H23BO4/c1-7-16-10(15)9-8-13(9,6)14-17-11(2,3)12(4,5)18-14/h9H,7-8H2,1-6H3. The Hall–Kier alpha value is -0.545. The van der Waals surface area contributed by atoms with Crippen molar-refractivity contribution in [3.8, 4) is 0 Å². The van der Waals surface area contributed by atoms with Gasteiger partial charge in [0, 0.05) is 5.31 Å². The van der Waals surface area contributed by atoms with E-state index in [4.69, 9.17) is 14.0 Å².